The zero-order valence-corrected chi connectivity index (χ0v) is 11.7. The molecule has 1 aromatic rings. The number of ether oxygens (including phenoxy) is 2. The van der Waals surface area contributed by atoms with E-state index in [-0.39, 0.29) is 12.2 Å². The molecule has 3 atom stereocenters. The number of nitrogens with one attached hydrogen (secondary N) is 1. The zero-order chi connectivity index (χ0) is 12.3. The van der Waals surface area contributed by atoms with Crippen LogP contribution in [-0.4, -0.2) is 32.4 Å². The van der Waals surface area contributed by atoms with Gasteiger partial charge in [-0.3, -0.25) is 0 Å². The van der Waals surface area contributed by atoms with Crippen molar-refractivity contribution in [2.24, 2.45) is 0 Å². The van der Waals surface area contributed by atoms with Gasteiger partial charge in [0.15, 0.2) is 0 Å². The van der Waals surface area contributed by atoms with Gasteiger partial charge in [-0.25, -0.2) is 0 Å². The highest BCUT2D eigenvalue weighted by Gasteiger charge is 2.41. The fraction of sp³-hybridized carbons (Fsp3) is 0.538. The second-order valence-electron chi connectivity index (χ2n) is 4.31. The van der Waals surface area contributed by atoms with Gasteiger partial charge in [-0.2, -0.15) is 0 Å². The first-order valence-corrected chi connectivity index (χ1v) is 6.60. The molecule has 0 bridgehead atoms. The van der Waals surface area contributed by atoms with E-state index in [0.29, 0.717) is 12.6 Å². The maximum Gasteiger partial charge on any atom is 0.0986 e. The molecule has 0 saturated heterocycles. The third-order valence-corrected chi connectivity index (χ3v) is 3.74. The van der Waals surface area contributed by atoms with Crippen LogP contribution in [0.5, 0.6) is 0 Å². The quantitative estimate of drug-likeness (QED) is 0.905. The summed E-state index contributed by atoms with van der Waals surface area (Å²) in [5, 5.41) is 3.23. The maximum absolute atomic E-state index is 5.87. The third kappa shape index (κ3) is 3.07. The summed E-state index contributed by atoms with van der Waals surface area (Å²) in [5.74, 6) is 0. The average Bonchev–Trinajstić information content (AvgIpc) is 2.28. The van der Waals surface area contributed by atoms with Gasteiger partial charge in [0.25, 0.3) is 0 Å². The lowest BCUT2D eigenvalue weighted by Crippen LogP contribution is -2.58. The summed E-state index contributed by atoms with van der Waals surface area (Å²) < 4.78 is 12.4. The smallest absolute Gasteiger partial charge is 0.0986 e. The molecule has 1 saturated carbocycles. The molecule has 0 aromatic heterocycles. The molecule has 17 heavy (non-hydrogen) atoms. The first-order chi connectivity index (χ1) is 8.24. The van der Waals surface area contributed by atoms with E-state index in [0.717, 1.165) is 10.9 Å². The second kappa shape index (κ2) is 5.96. The summed E-state index contributed by atoms with van der Waals surface area (Å²) in [5.41, 5.74) is 1.18. The van der Waals surface area contributed by atoms with E-state index in [1.807, 2.05) is 19.2 Å². The average molecular weight is 300 g/mol. The molecule has 3 nitrogen and oxygen atoms in total. The molecule has 94 valence electrons. The van der Waals surface area contributed by atoms with Gasteiger partial charge >= 0.3 is 0 Å². The first kappa shape index (κ1) is 13.0. The van der Waals surface area contributed by atoms with Crippen LogP contribution in [0.15, 0.2) is 28.7 Å². The highest BCUT2D eigenvalue weighted by atomic mass is 79.9. The lowest BCUT2D eigenvalue weighted by atomic mass is 9.85. The summed E-state index contributed by atoms with van der Waals surface area (Å²) in [7, 11) is 3.70. The minimum atomic E-state index is 0.173. The number of likely N-dealkylation sites (N-methyl/N-ethyl adjacent to an activating group) is 1. The summed E-state index contributed by atoms with van der Waals surface area (Å²) in [6, 6.07) is 8.61. The Morgan fingerprint density at radius 2 is 2.29 bits per heavy atom. The van der Waals surface area contributed by atoms with Crippen LogP contribution in [0.2, 0.25) is 0 Å². The number of hydrogen-bond donors (Lipinski definition) is 1. The van der Waals surface area contributed by atoms with Gasteiger partial charge in [0.05, 0.1) is 18.8 Å². The Morgan fingerprint density at radius 1 is 1.47 bits per heavy atom. The monoisotopic (exact) mass is 299 g/mol. The first-order valence-electron chi connectivity index (χ1n) is 5.80. The largest absolute Gasteiger partial charge is 0.377 e. The van der Waals surface area contributed by atoms with Gasteiger partial charge in [0.1, 0.15) is 0 Å². The summed E-state index contributed by atoms with van der Waals surface area (Å²) in [6.45, 7) is 0.639. The standard InChI is InChI=1S/C13H18BrNO2/c1-15-11-7-12(13(11)16-2)17-8-9-4-3-5-10(14)6-9/h3-6,11-13,15H,7-8H2,1-2H3. The number of methoxy groups -OCH3 is 1. The summed E-state index contributed by atoms with van der Waals surface area (Å²) >= 11 is 3.46. The van der Waals surface area contributed by atoms with Crippen LogP contribution in [0.1, 0.15) is 12.0 Å². The van der Waals surface area contributed by atoms with Gasteiger partial charge in [0.2, 0.25) is 0 Å². The van der Waals surface area contributed by atoms with Crippen LogP contribution in [0, 0.1) is 0 Å². The molecule has 1 aromatic carbocycles. The van der Waals surface area contributed by atoms with Gasteiger partial charge in [-0.05, 0) is 31.2 Å². The van der Waals surface area contributed by atoms with E-state index in [9.17, 15) is 0 Å². The van der Waals surface area contributed by atoms with E-state index in [1.54, 1.807) is 7.11 Å². The van der Waals surface area contributed by atoms with E-state index >= 15 is 0 Å². The van der Waals surface area contributed by atoms with Crippen LogP contribution < -0.4 is 5.32 Å². The molecule has 0 amide bonds. The van der Waals surface area contributed by atoms with Gasteiger partial charge in [0, 0.05) is 17.6 Å². The lowest BCUT2D eigenvalue weighted by Gasteiger charge is -2.43. The topological polar surface area (TPSA) is 30.5 Å². The van der Waals surface area contributed by atoms with Crippen LogP contribution in [0.3, 0.4) is 0 Å². The third-order valence-electron chi connectivity index (χ3n) is 3.25. The second-order valence-corrected chi connectivity index (χ2v) is 5.23. The van der Waals surface area contributed by atoms with E-state index in [2.05, 4.69) is 33.4 Å². The normalized spacial score (nSPS) is 27.8. The lowest BCUT2D eigenvalue weighted by molar-refractivity contribution is -0.138. The fourth-order valence-electron chi connectivity index (χ4n) is 2.17. The molecule has 2 rings (SSSR count). The molecule has 1 N–H and O–H groups in total. The van der Waals surface area contributed by atoms with Gasteiger partial charge in [-0.15, -0.1) is 0 Å². The molecule has 1 aliphatic rings. The van der Waals surface area contributed by atoms with E-state index in [4.69, 9.17) is 9.47 Å². The van der Waals surface area contributed by atoms with Crippen molar-refractivity contribution in [3.8, 4) is 0 Å². The molecular weight excluding hydrogens is 282 g/mol. The highest BCUT2D eigenvalue weighted by Crippen LogP contribution is 2.27. The summed E-state index contributed by atoms with van der Waals surface area (Å²) in [4.78, 5) is 0. The molecule has 0 spiro atoms. The SMILES string of the molecule is CNC1CC(OCc2cccc(Br)c2)C1OC. The molecule has 1 aliphatic carbocycles. The molecule has 0 radical (unpaired) electrons. The molecule has 0 aliphatic heterocycles. The molecular formula is C13H18BrNO2. The van der Waals surface area contributed by atoms with Crippen molar-refractivity contribution in [2.75, 3.05) is 14.2 Å². The molecule has 1 fully saturated rings. The zero-order valence-electron chi connectivity index (χ0n) is 10.2. The van der Waals surface area contributed by atoms with Gasteiger partial charge in [-0.1, -0.05) is 28.1 Å². The van der Waals surface area contributed by atoms with Gasteiger partial charge < -0.3 is 14.8 Å². The van der Waals surface area contributed by atoms with E-state index < -0.39 is 0 Å². The minimum Gasteiger partial charge on any atom is -0.377 e. The van der Waals surface area contributed by atoms with Crippen molar-refractivity contribution in [1.29, 1.82) is 0 Å². The Kier molecular flexibility index (Phi) is 4.56. The number of hydrogen-bond acceptors (Lipinski definition) is 3. The van der Waals surface area contributed by atoms with Crippen LogP contribution in [0.4, 0.5) is 0 Å². The van der Waals surface area contributed by atoms with Crippen LogP contribution in [-0.2, 0) is 16.1 Å². The molecule has 3 unspecified atom stereocenters. The number of benzene rings is 1. The van der Waals surface area contributed by atoms with Crippen molar-refractivity contribution < 1.29 is 9.47 Å². The summed E-state index contributed by atoms with van der Waals surface area (Å²) in [6.07, 6.45) is 1.40. The van der Waals surface area contributed by atoms with Crippen molar-refractivity contribution in [3.05, 3.63) is 34.3 Å². The number of rotatable bonds is 5. The highest BCUT2D eigenvalue weighted by molar-refractivity contribution is 9.10. The van der Waals surface area contributed by atoms with E-state index in [1.165, 1.54) is 5.56 Å². The predicted octanol–water partition coefficient (Wildman–Crippen LogP) is 2.34. The Labute approximate surface area is 111 Å². The van der Waals surface area contributed by atoms with Crippen molar-refractivity contribution in [1.82, 2.24) is 5.32 Å². The number of halogens is 1. The Morgan fingerprint density at radius 3 is 2.94 bits per heavy atom. The van der Waals surface area contributed by atoms with Crippen LogP contribution in [0.25, 0.3) is 0 Å². The van der Waals surface area contributed by atoms with Crippen LogP contribution >= 0.6 is 15.9 Å². The Bertz CT molecular complexity index is 372. The van der Waals surface area contributed by atoms with Crippen molar-refractivity contribution in [3.63, 3.8) is 0 Å². The fourth-order valence-corrected chi connectivity index (χ4v) is 2.62. The Hall–Kier alpha value is -0.420. The van der Waals surface area contributed by atoms with Crippen molar-refractivity contribution in [2.45, 2.75) is 31.3 Å². The maximum atomic E-state index is 5.87. The molecule has 4 heteroatoms. The Balaban J connectivity index is 1.83. The van der Waals surface area contributed by atoms with Crippen molar-refractivity contribution >= 4 is 15.9 Å². The predicted molar refractivity (Wildman–Crippen MR) is 71.0 cm³/mol. The molecule has 0 heterocycles. The minimum absolute atomic E-state index is 0.173.